The van der Waals surface area contributed by atoms with E-state index in [1.807, 2.05) is 28.8 Å². The summed E-state index contributed by atoms with van der Waals surface area (Å²) in [5, 5.41) is 0. The van der Waals surface area contributed by atoms with Gasteiger partial charge in [0.1, 0.15) is 0 Å². The monoisotopic (exact) mass is 393 g/mol. The van der Waals surface area contributed by atoms with Gasteiger partial charge in [-0.2, -0.15) is 0 Å². The lowest BCUT2D eigenvalue weighted by Gasteiger charge is -2.08. The smallest absolute Gasteiger partial charge is 0.240 e. The molecule has 0 aliphatic carbocycles. The molecule has 0 bridgehead atoms. The zero-order valence-electron chi connectivity index (χ0n) is 12.3. The van der Waals surface area contributed by atoms with E-state index in [0.29, 0.717) is 19.5 Å². The van der Waals surface area contributed by atoms with Crippen LogP contribution in [0.1, 0.15) is 6.42 Å². The third kappa shape index (κ3) is 3.80. The van der Waals surface area contributed by atoms with E-state index < -0.39 is 10.0 Å². The van der Waals surface area contributed by atoms with Gasteiger partial charge in [0.05, 0.1) is 22.3 Å². The summed E-state index contributed by atoms with van der Waals surface area (Å²) in [4.78, 5) is 4.59. The molecule has 0 unspecified atom stereocenters. The van der Waals surface area contributed by atoms with Crippen molar-refractivity contribution in [2.24, 2.45) is 0 Å². The third-order valence-electron chi connectivity index (χ3n) is 3.50. The van der Waals surface area contributed by atoms with E-state index in [1.54, 1.807) is 30.6 Å². The first kappa shape index (κ1) is 16.2. The molecule has 1 N–H and O–H groups in total. The Hall–Kier alpha value is -1.70. The largest absolute Gasteiger partial charge is 0.331 e. The summed E-state index contributed by atoms with van der Waals surface area (Å²) in [5.74, 6) is 0. The zero-order valence-corrected chi connectivity index (χ0v) is 14.7. The maximum Gasteiger partial charge on any atom is 0.240 e. The number of fused-ring (bicyclic) bond motifs is 1. The topological polar surface area (TPSA) is 64.0 Å². The molecule has 0 amide bonds. The first-order valence-corrected chi connectivity index (χ1v) is 9.49. The summed E-state index contributed by atoms with van der Waals surface area (Å²) < 4.78 is 29.8. The Kier molecular flexibility index (Phi) is 4.79. The van der Waals surface area contributed by atoms with Crippen LogP contribution in [0.5, 0.6) is 0 Å². The molecule has 3 aromatic rings. The van der Waals surface area contributed by atoms with Crippen molar-refractivity contribution in [3.05, 3.63) is 59.3 Å². The maximum atomic E-state index is 12.2. The van der Waals surface area contributed by atoms with E-state index in [1.165, 1.54) is 0 Å². The van der Waals surface area contributed by atoms with E-state index in [4.69, 9.17) is 0 Å². The van der Waals surface area contributed by atoms with Crippen molar-refractivity contribution in [3.8, 4) is 0 Å². The molecule has 0 aliphatic rings. The summed E-state index contributed by atoms with van der Waals surface area (Å²) in [6, 6.07) is 14.6. The molecule has 0 atom stereocenters. The number of aromatic nitrogens is 2. The highest BCUT2D eigenvalue weighted by atomic mass is 79.9. The van der Waals surface area contributed by atoms with Gasteiger partial charge in [0.25, 0.3) is 0 Å². The van der Waals surface area contributed by atoms with Gasteiger partial charge in [0.2, 0.25) is 10.0 Å². The Labute approximate surface area is 143 Å². The summed E-state index contributed by atoms with van der Waals surface area (Å²) in [6.45, 7) is 1.09. The molecule has 2 aromatic carbocycles. The molecule has 7 heteroatoms. The van der Waals surface area contributed by atoms with Gasteiger partial charge in [-0.05, 0) is 36.8 Å². The fraction of sp³-hybridized carbons (Fsp3) is 0.188. The van der Waals surface area contributed by atoms with Crippen LogP contribution in [-0.4, -0.2) is 24.5 Å². The van der Waals surface area contributed by atoms with Crippen LogP contribution >= 0.6 is 15.9 Å². The van der Waals surface area contributed by atoms with Crippen LogP contribution in [0, 0.1) is 0 Å². The minimum absolute atomic E-state index is 0.264. The van der Waals surface area contributed by atoms with E-state index in [9.17, 15) is 8.42 Å². The lowest BCUT2D eigenvalue weighted by molar-refractivity contribution is 0.571. The number of hydrogen-bond acceptors (Lipinski definition) is 3. The predicted molar refractivity (Wildman–Crippen MR) is 93.7 cm³/mol. The van der Waals surface area contributed by atoms with Gasteiger partial charge in [-0.15, -0.1) is 0 Å². The van der Waals surface area contributed by atoms with Crippen LogP contribution in [0.2, 0.25) is 0 Å². The van der Waals surface area contributed by atoms with Gasteiger partial charge in [0, 0.05) is 17.6 Å². The maximum absolute atomic E-state index is 12.2. The number of hydrogen-bond donors (Lipinski definition) is 1. The second-order valence-electron chi connectivity index (χ2n) is 5.14. The summed E-state index contributed by atoms with van der Waals surface area (Å²) >= 11 is 3.28. The van der Waals surface area contributed by atoms with Crippen LogP contribution in [-0.2, 0) is 16.6 Å². The minimum Gasteiger partial charge on any atom is -0.331 e. The van der Waals surface area contributed by atoms with Crippen molar-refractivity contribution < 1.29 is 8.42 Å². The number of nitrogens with one attached hydrogen (secondary N) is 1. The number of imidazole rings is 1. The number of halogens is 1. The standard InChI is InChI=1S/C16H16BrN3O2S/c17-13-5-3-6-14(11-13)23(21,22)19-9-4-10-20-12-18-15-7-1-2-8-16(15)20/h1-3,5-8,11-12,19H,4,9-10H2. The molecule has 0 fully saturated rings. The van der Waals surface area contributed by atoms with E-state index in [2.05, 4.69) is 25.6 Å². The highest BCUT2D eigenvalue weighted by Gasteiger charge is 2.13. The van der Waals surface area contributed by atoms with Crippen molar-refractivity contribution in [1.82, 2.24) is 14.3 Å². The first-order chi connectivity index (χ1) is 11.1. The second kappa shape index (κ2) is 6.82. The second-order valence-corrected chi connectivity index (χ2v) is 7.82. The van der Waals surface area contributed by atoms with Gasteiger partial charge in [0.15, 0.2) is 0 Å². The molecular weight excluding hydrogens is 378 g/mol. The van der Waals surface area contributed by atoms with Crippen molar-refractivity contribution >= 4 is 37.0 Å². The molecular formula is C16H16BrN3O2S. The number of nitrogens with zero attached hydrogens (tertiary/aromatic N) is 2. The van der Waals surface area contributed by atoms with E-state index >= 15 is 0 Å². The quantitative estimate of drug-likeness (QED) is 0.654. The summed E-state index contributed by atoms with van der Waals surface area (Å²) in [6.07, 6.45) is 2.47. The average Bonchev–Trinajstić information content (AvgIpc) is 2.95. The summed E-state index contributed by atoms with van der Waals surface area (Å²) in [7, 11) is -3.47. The van der Waals surface area contributed by atoms with Gasteiger partial charge in [-0.1, -0.05) is 34.1 Å². The van der Waals surface area contributed by atoms with Gasteiger partial charge in [-0.3, -0.25) is 0 Å². The number of para-hydroxylation sites is 2. The van der Waals surface area contributed by atoms with E-state index in [0.717, 1.165) is 15.5 Å². The number of sulfonamides is 1. The fourth-order valence-corrected chi connectivity index (χ4v) is 4.03. The molecule has 3 rings (SSSR count). The predicted octanol–water partition coefficient (Wildman–Crippen LogP) is 3.17. The Morgan fingerprint density at radius 3 is 2.78 bits per heavy atom. The zero-order chi connectivity index (χ0) is 16.3. The lowest BCUT2D eigenvalue weighted by Crippen LogP contribution is -2.25. The van der Waals surface area contributed by atoms with Gasteiger partial charge >= 0.3 is 0 Å². The van der Waals surface area contributed by atoms with Crippen LogP contribution in [0.25, 0.3) is 11.0 Å². The Morgan fingerprint density at radius 2 is 1.96 bits per heavy atom. The van der Waals surface area contributed by atoms with Crippen molar-refractivity contribution in [2.75, 3.05) is 6.54 Å². The highest BCUT2D eigenvalue weighted by Crippen LogP contribution is 2.16. The Morgan fingerprint density at radius 1 is 1.13 bits per heavy atom. The molecule has 0 radical (unpaired) electrons. The van der Waals surface area contributed by atoms with Crippen molar-refractivity contribution in [3.63, 3.8) is 0 Å². The molecule has 0 aliphatic heterocycles. The molecule has 0 spiro atoms. The van der Waals surface area contributed by atoms with Gasteiger partial charge in [-0.25, -0.2) is 18.1 Å². The lowest BCUT2D eigenvalue weighted by atomic mass is 10.3. The average molecular weight is 394 g/mol. The third-order valence-corrected chi connectivity index (χ3v) is 5.45. The Balaban J connectivity index is 1.59. The molecule has 1 heterocycles. The molecule has 0 saturated carbocycles. The first-order valence-electron chi connectivity index (χ1n) is 7.21. The summed E-state index contributed by atoms with van der Waals surface area (Å²) in [5.41, 5.74) is 2.00. The Bertz CT molecular complexity index is 922. The van der Waals surface area contributed by atoms with E-state index in [-0.39, 0.29) is 4.90 Å². The van der Waals surface area contributed by atoms with Crippen molar-refractivity contribution in [1.29, 1.82) is 0 Å². The normalized spacial score (nSPS) is 11.9. The number of aryl methyl sites for hydroxylation is 1. The van der Waals surface area contributed by atoms with Crippen molar-refractivity contribution in [2.45, 2.75) is 17.9 Å². The molecule has 0 saturated heterocycles. The van der Waals surface area contributed by atoms with Gasteiger partial charge < -0.3 is 4.57 Å². The SMILES string of the molecule is O=S(=O)(NCCCn1cnc2ccccc21)c1cccc(Br)c1. The minimum atomic E-state index is -3.47. The van der Waals surface area contributed by atoms with Crippen LogP contribution in [0.4, 0.5) is 0 Å². The number of rotatable bonds is 6. The van der Waals surface area contributed by atoms with Crippen LogP contribution in [0.15, 0.2) is 64.2 Å². The number of benzene rings is 2. The van der Waals surface area contributed by atoms with Crippen LogP contribution in [0.3, 0.4) is 0 Å². The molecule has 1 aromatic heterocycles. The molecule has 23 heavy (non-hydrogen) atoms. The fourth-order valence-electron chi connectivity index (χ4n) is 2.36. The van der Waals surface area contributed by atoms with Crippen LogP contribution < -0.4 is 4.72 Å². The molecule has 120 valence electrons. The highest BCUT2D eigenvalue weighted by molar-refractivity contribution is 9.10. The molecule has 5 nitrogen and oxygen atoms in total.